The zero-order chi connectivity index (χ0) is 24.1. The normalized spacial score (nSPS) is 14.9. The summed E-state index contributed by atoms with van der Waals surface area (Å²) >= 11 is 12.0. The Kier molecular flexibility index (Phi) is 7.60. The number of ether oxygens (including phenoxy) is 2. The van der Waals surface area contributed by atoms with Crippen molar-refractivity contribution in [2.24, 2.45) is 0 Å². The maximum atomic E-state index is 12.9. The highest BCUT2D eigenvalue weighted by molar-refractivity contribution is 6.35. The van der Waals surface area contributed by atoms with Gasteiger partial charge in [0.2, 0.25) is 0 Å². The number of carbonyl (C=O) groups is 2. The van der Waals surface area contributed by atoms with Crippen molar-refractivity contribution < 1.29 is 19.1 Å². The summed E-state index contributed by atoms with van der Waals surface area (Å²) in [6.07, 6.45) is 1.09. The molecule has 34 heavy (non-hydrogen) atoms. The molecule has 0 spiro atoms. The highest BCUT2D eigenvalue weighted by Crippen LogP contribution is 2.36. The van der Waals surface area contributed by atoms with Gasteiger partial charge in [-0.05, 0) is 61.7 Å². The van der Waals surface area contributed by atoms with E-state index in [0.717, 1.165) is 12.8 Å². The third-order valence-electron chi connectivity index (χ3n) is 5.39. The van der Waals surface area contributed by atoms with E-state index in [1.54, 1.807) is 48.2 Å². The molecule has 176 valence electrons. The molecule has 0 radical (unpaired) electrons. The van der Waals surface area contributed by atoms with Crippen molar-refractivity contribution >= 4 is 46.4 Å². The summed E-state index contributed by atoms with van der Waals surface area (Å²) in [5, 5.41) is 3.60. The lowest BCUT2D eigenvalue weighted by Gasteiger charge is -2.33. The lowest BCUT2D eigenvalue weighted by molar-refractivity contribution is -0.125. The second-order valence-electron chi connectivity index (χ2n) is 7.93. The molecule has 8 heteroatoms. The van der Waals surface area contributed by atoms with Crippen molar-refractivity contribution in [3.05, 3.63) is 82.3 Å². The van der Waals surface area contributed by atoms with Crippen LogP contribution in [0.5, 0.6) is 11.5 Å². The number of carbonyl (C=O) groups excluding carboxylic acids is 2. The van der Waals surface area contributed by atoms with Gasteiger partial charge in [0.25, 0.3) is 11.8 Å². The molecule has 1 atom stereocenters. The molecule has 0 fully saturated rings. The standard InChI is InChI=1S/C26H24Cl2N2O4/c1-17-26(32)30(13-5-8-18-6-3-2-4-7-18)22-15-20(10-12-24(22)34-17)29-25(31)16-33-23-11-9-19(27)14-21(23)28/h2-4,6-7,9-12,14-15,17H,5,8,13,16H2,1H3,(H,29,31). The summed E-state index contributed by atoms with van der Waals surface area (Å²) in [6.45, 7) is 2.06. The van der Waals surface area contributed by atoms with E-state index in [1.807, 2.05) is 18.2 Å². The Bertz CT molecular complexity index is 1190. The minimum absolute atomic E-state index is 0.107. The minimum Gasteiger partial charge on any atom is -0.482 e. The number of hydrogen-bond donors (Lipinski definition) is 1. The van der Waals surface area contributed by atoms with Crippen molar-refractivity contribution in [1.29, 1.82) is 0 Å². The van der Waals surface area contributed by atoms with E-state index in [-0.39, 0.29) is 18.4 Å². The summed E-state index contributed by atoms with van der Waals surface area (Å²) in [4.78, 5) is 27.0. The van der Waals surface area contributed by atoms with Crippen LogP contribution in [0, 0.1) is 0 Å². The second-order valence-corrected chi connectivity index (χ2v) is 8.78. The Labute approximate surface area is 208 Å². The van der Waals surface area contributed by atoms with E-state index >= 15 is 0 Å². The van der Waals surface area contributed by atoms with Gasteiger partial charge in [0, 0.05) is 17.3 Å². The third kappa shape index (κ3) is 5.82. The number of rotatable bonds is 8. The molecule has 1 N–H and O–H groups in total. The zero-order valence-corrected chi connectivity index (χ0v) is 20.1. The molecule has 2 amide bonds. The Hall–Kier alpha value is -3.22. The molecule has 3 aromatic rings. The molecular weight excluding hydrogens is 475 g/mol. The van der Waals surface area contributed by atoms with Crippen LogP contribution in [0.15, 0.2) is 66.7 Å². The molecule has 0 aromatic heterocycles. The first-order valence-electron chi connectivity index (χ1n) is 10.9. The largest absolute Gasteiger partial charge is 0.482 e. The SMILES string of the molecule is CC1Oc2ccc(NC(=O)COc3ccc(Cl)cc3Cl)cc2N(CCCc2ccccc2)C1=O. The Morgan fingerprint density at radius 3 is 2.65 bits per heavy atom. The summed E-state index contributed by atoms with van der Waals surface area (Å²) in [5.74, 6) is 0.501. The molecule has 1 unspecified atom stereocenters. The maximum Gasteiger partial charge on any atom is 0.267 e. The molecule has 0 aliphatic carbocycles. The van der Waals surface area contributed by atoms with Gasteiger partial charge in [-0.1, -0.05) is 53.5 Å². The van der Waals surface area contributed by atoms with Crippen LogP contribution in [-0.2, 0) is 16.0 Å². The van der Waals surface area contributed by atoms with Gasteiger partial charge >= 0.3 is 0 Å². The summed E-state index contributed by atoms with van der Waals surface area (Å²) < 4.78 is 11.3. The first kappa shape index (κ1) is 23.9. The molecular formula is C26H24Cl2N2O4. The first-order chi connectivity index (χ1) is 16.4. The number of amides is 2. The van der Waals surface area contributed by atoms with E-state index in [0.29, 0.717) is 39.5 Å². The number of fused-ring (bicyclic) bond motifs is 1. The Balaban J connectivity index is 1.42. The van der Waals surface area contributed by atoms with Gasteiger partial charge in [-0.3, -0.25) is 9.59 Å². The monoisotopic (exact) mass is 498 g/mol. The van der Waals surface area contributed by atoms with Crippen LogP contribution < -0.4 is 19.7 Å². The van der Waals surface area contributed by atoms with Gasteiger partial charge in [-0.2, -0.15) is 0 Å². The fourth-order valence-corrected chi connectivity index (χ4v) is 4.20. The average molecular weight is 499 g/mol. The van der Waals surface area contributed by atoms with Gasteiger partial charge in [0.15, 0.2) is 12.7 Å². The van der Waals surface area contributed by atoms with Crippen LogP contribution >= 0.6 is 23.2 Å². The predicted molar refractivity (Wildman–Crippen MR) is 134 cm³/mol. The summed E-state index contributed by atoms with van der Waals surface area (Å²) in [7, 11) is 0. The molecule has 6 nitrogen and oxygen atoms in total. The molecule has 0 saturated carbocycles. The van der Waals surface area contributed by atoms with Gasteiger partial charge in [0.05, 0.1) is 10.7 Å². The van der Waals surface area contributed by atoms with Crippen LogP contribution in [0.3, 0.4) is 0 Å². The van der Waals surface area contributed by atoms with E-state index in [4.69, 9.17) is 32.7 Å². The average Bonchev–Trinajstić information content (AvgIpc) is 2.82. The topological polar surface area (TPSA) is 67.9 Å². The number of nitrogens with zero attached hydrogens (tertiary/aromatic N) is 1. The molecule has 0 saturated heterocycles. The fraction of sp³-hybridized carbons (Fsp3) is 0.231. The predicted octanol–water partition coefficient (Wildman–Crippen LogP) is 5.76. The van der Waals surface area contributed by atoms with E-state index in [9.17, 15) is 9.59 Å². The van der Waals surface area contributed by atoms with Gasteiger partial charge in [-0.15, -0.1) is 0 Å². The quantitative estimate of drug-likeness (QED) is 0.428. The molecule has 1 aliphatic rings. The van der Waals surface area contributed by atoms with Crippen molar-refractivity contribution in [1.82, 2.24) is 0 Å². The van der Waals surface area contributed by atoms with Gasteiger partial charge in [-0.25, -0.2) is 0 Å². The zero-order valence-electron chi connectivity index (χ0n) is 18.6. The lowest BCUT2D eigenvalue weighted by Crippen LogP contribution is -2.45. The van der Waals surface area contributed by atoms with Crippen molar-refractivity contribution in [3.63, 3.8) is 0 Å². The van der Waals surface area contributed by atoms with Crippen molar-refractivity contribution in [3.8, 4) is 11.5 Å². The maximum absolute atomic E-state index is 12.9. The van der Waals surface area contributed by atoms with Crippen LogP contribution in [0.4, 0.5) is 11.4 Å². The fourth-order valence-electron chi connectivity index (χ4n) is 3.73. The molecule has 1 aliphatic heterocycles. The first-order valence-corrected chi connectivity index (χ1v) is 11.7. The highest BCUT2D eigenvalue weighted by Gasteiger charge is 2.31. The highest BCUT2D eigenvalue weighted by atomic mass is 35.5. The van der Waals surface area contributed by atoms with Crippen LogP contribution in [0.25, 0.3) is 0 Å². The van der Waals surface area contributed by atoms with Gasteiger partial charge < -0.3 is 19.7 Å². The molecule has 3 aromatic carbocycles. The third-order valence-corrected chi connectivity index (χ3v) is 5.92. The van der Waals surface area contributed by atoms with Crippen LogP contribution in [-0.4, -0.2) is 31.1 Å². The summed E-state index contributed by atoms with van der Waals surface area (Å²) in [6, 6.07) is 20.2. The van der Waals surface area contributed by atoms with Crippen molar-refractivity contribution in [2.45, 2.75) is 25.9 Å². The van der Waals surface area contributed by atoms with E-state index < -0.39 is 6.10 Å². The molecule has 1 heterocycles. The summed E-state index contributed by atoms with van der Waals surface area (Å²) in [5.41, 5.74) is 2.39. The van der Waals surface area contributed by atoms with E-state index in [2.05, 4.69) is 17.4 Å². The van der Waals surface area contributed by atoms with Crippen LogP contribution in [0.1, 0.15) is 18.9 Å². The molecule has 4 rings (SSSR count). The molecule has 0 bridgehead atoms. The Morgan fingerprint density at radius 1 is 1.09 bits per heavy atom. The number of anilines is 2. The smallest absolute Gasteiger partial charge is 0.267 e. The van der Waals surface area contributed by atoms with Crippen molar-refractivity contribution in [2.75, 3.05) is 23.4 Å². The number of aryl methyl sites for hydroxylation is 1. The number of nitrogens with one attached hydrogen (secondary N) is 1. The van der Waals surface area contributed by atoms with Crippen LogP contribution in [0.2, 0.25) is 10.0 Å². The second kappa shape index (κ2) is 10.8. The number of hydrogen-bond acceptors (Lipinski definition) is 4. The number of benzene rings is 3. The van der Waals surface area contributed by atoms with Gasteiger partial charge in [0.1, 0.15) is 11.5 Å². The lowest BCUT2D eigenvalue weighted by atomic mass is 10.1. The van der Waals surface area contributed by atoms with E-state index in [1.165, 1.54) is 5.56 Å². The minimum atomic E-state index is -0.567. The Morgan fingerprint density at radius 2 is 1.88 bits per heavy atom. The number of halogens is 2.